The van der Waals surface area contributed by atoms with Crippen LogP contribution in [-0.2, 0) is 14.8 Å². The van der Waals surface area contributed by atoms with Crippen LogP contribution < -0.4 is 5.32 Å². The van der Waals surface area contributed by atoms with E-state index in [1.165, 1.54) is 9.87 Å². The van der Waals surface area contributed by atoms with E-state index in [0.29, 0.717) is 19.4 Å². The molecule has 2 unspecified atom stereocenters. The number of hydrogen-bond acceptors (Lipinski definition) is 4. The second-order valence-electron chi connectivity index (χ2n) is 8.66. The molecular weight excluding hydrogens is 410 g/mol. The number of hydrogen-bond donors (Lipinski definition) is 1. The normalized spacial score (nSPS) is 23.7. The summed E-state index contributed by atoms with van der Waals surface area (Å²) in [6.07, 6.45) is 2.14. The molecule has 2 saturated heterocycles. The molecule has 0 aliphatic carbocycles. The van der Waals surface area contributed by atoms with Gasteiger partial charge < -0.3 is 5.32 Å². The fraction of sp³-hybridized carbons (Fsp3) is 0.458. The number of rotatable bonds is 6. The van der Waals surface area contributed by atoms with Gasteiger partial charge in [0.25, 0.3) is 0 Å². The maximum Gasteiger partial charge on any atom is 0.243 e. The molecule has 0 aromatic heterocycles. The molecule has 0 saturated carbocycles. The first-order valence-electron chi connectivity index (χ1n) is 11.0. The van der Waals surface area contributed by atoms with E-state index >= 15 is 0 Å². The smallest absolute Gasteiger partial charge is 0.243 e. The van der Waals surface area contributed by atoms with Crippen molar-refractivity contribution < 1.29 is 13.2 Å². The Morgan fingerprint density at radius 3 is 2.45 bits per heavy atom. The molecule has 6 nitrogen and oxygen atoms in total. The molecule has 0 spiro atoms. The molecule has 7 heteroatoms. The summed E-state index contributed by atoms with van der Waals surface area (Å²) in [7, 11) is -3.68. The lowest BCUT2D eigenvalue weighted by Gasteiger charge is -2.26. The molecule has 0 radical (unpaired) electrons. The predicted octanol–water partition coefficient (Wildman–Crippen LogP) is 3.10. The summed E-state index contributed by atoms with van der Waals surface area (Å²) in [5, 5.41) is 3.13. The molecule has 2 heterocycles. The average Bonchev–Trinajstić information content (AvgIpc) is 3.44. The molecule has 166 valence electrons. The van der Waals surface area contributed by atoms with E-state index in [-0.39, 0.29) is 22.9 Å². The van der Waals surface area contributed by atoms with Gasteiger partial charge in [0.1, 0.15) is 6.04 Å². The Morgan fingerprint density at radius 1 is 1.03 bits per heavy atom. The van der Waals surface area contributed by atoms with Gasteiger partial charge in [0.05, 0.1) is 4.90 Å². The third-order valence-corrected chi connectivity index (χ3v) is 8.45. The van der Waals surface area contributed by atoms with Gasteiger partial charge in [0, 0.05) is 31.7 Å². The van der Waals surface area contributed by atoms with Crippen molar-refractivity contribution in [1.29, 1.82) is 0 Å². The lowest BCUT2D eigenvalue weighted by molar-refractivity contribution is -0.124. The number of aryl methyl sites for hydroxylation is 1. The van der Waals surface area contributed by atoms with Gasteiger partial charge in [-0.1, -0.05) is 48.0 Å². The SMILES string of the molecule is Cc1ccc(S(=O)(=O)N2CCC[C@H]2C(=O)NC2CCN(C(C)c3ccccc3)C2)cc1. The Bertz CT molecular complexity index is 1010. The van der Waals surface area contributed by atoms with E-state index in [1.807, 2.05) is 25.1 Å². The van der Waals surface area contributed by atoms with Gasteiger partial charge in [-0.15, -0.1) is 0 Å². The summed E-state index contributed by atoms with van der Waals surface area (Å²) in [6, 6.07) is 16.9. The lowest BCUT2D eigenvalue weighted by Crippen LogP contribution is -2.49. The second-order valence-corrected chi connectivity index (χ2v) is 10.6. The van der Waals surface area contributed by atoms with E-state index in [9.17, 15) is 13.2 Å². The molecule has 2 fully saturated rings. The fourth-order valence-corrected chi connectivity index (χ4v) is 6.29. The number of carbonyl (C=O) groups excluding carboxylic acids is 1. The van der Waals surface area contributed by atoms with Crippen LogP contribution in [0.15, 0.2) is 59.5 Å². The molecule has 0 bridgehead atoms. The highest BCUT2D eigenvalue weighted by molar-refractivity contribution is 7.89. The Balaban J connectivity index is 1.40. The number of sulfonamides is 1. The summed E-state index contributed by atoms with van der Waals surface area (Å²) in [6.45, 7) is 6.19. The van der Waals surface area contributed by atoms with Gasteiger partial charge >= 0.3 is 0 Å². The minimum absolute atomic E-state index is 0.0446. The Kier molecular flexibility index (Phi) is 6.46. The number of benzene rings is 2. The van der Waals surface area contributed by atoms with Crippen LogP contribution in [0.25, 0.3) is 0 Å². The van der Waals surface area contributed by atoms with Crippen LogP contribution in [0.1, 0.15) is 43.4 Å². The van der Waals surface area contributed by atoms with Crippen LogP contribution in [0.5, 0.6) is 0 Å². The number of carbonyl (C=O) groups is 1. The summed E-state index contributed by atoms with van der Waals surface area (Å²) in [5.41, 5.74) is 2.27. The van der Waals surface area contributed by atoms with Crippen LogP contribution in [0.4, 0.5) is 0 Å². The topological polar surface area (TPSA) is 69.7 Å². The maximum atomic E-state index is 13.1. The predicted molar refractivity (Wildman–Crippen MR) is 121 cm³/mol. The summed E-state index contributed by atoms with van der Waals surface area (Å²) in [5.74, 6) is -0.174. The first kappa shape index (κ1) is 22.0. The fourth-order valence-electron chi connectivity index (χ4n) is 4.63. The van der Waals surface area contributed by atoms with E-state index < -0.39 is 16.1 Å². The molecular formula is C24H31N3O3S. The van der Waals surface area contributed by atoms with Gasteiger partial charge in [-0.05, 0) is 50.8 Å². The van der Waals surface area contributed by atoms with Crippen molar-refractivity contribution in [2.24, 2.45) is 0 Å². The summed E-state index contributed by atoms with van der Waals surface area (Å²) >= 11 is 0. The van der Waals surface area contributed by atoms with Crippen LogP contribution in [0.2, 0.25) is 0 Å². The van der Waals surface area contributed by atoms with Gasteiger partial charge in [-0.2, -0.15) is 4.31 Å². The molecule has 2 aromatic rings. The van der Waals surface area contributed by atoms with Gasteiger partial charge in [-0.25, -0.2) is 8.42 Å². The van der Waals surface area contributed by atoms with Crippen LogP contribution >= 0.6 is 0 Å². The van der Waals surface area contributed by atoms with Crippen molar-refractivity contribution in [1.82, 2.24) is 14.5 Å². The summed E-state index contributed by atoms with van der Waals surface area (Å²) in [4.78, 5) is 15.7. The first-order valence-corrected chi connectivity index (χ1v) is 12.5. The zero-order chi connectivity index (χ0) is 22.0. The third kappa shape index (κ3) is 4.68. The zero-order valence-corrected chi connectivity index (χ0v) is 19.0. The van der Waals surface area contributed by atoms with E-state index in [0.717, 1.165) is 25.1 Å². The monoisotopic (exact) mass is 441 g/mol. The van der Waals surface area contributed by atoms with Crippen LogP contribution in [-0.4, -0.2) is 55.2 Å². The highest BCUT2D eigenvalue weighted by atomic mass is 32.2. The van der Waals surface area contributed by atoms with Crippen molar-refractivity contribution in [3.05, 3.63) is 65.7 Å². The Morgan fingerprint density at radius 2 is 1.74 bits per heavy atom. The molecule has 3 atom stereocenters. The minimum atomic E-state index is -3.68. The summed E-state index contributed by atoms with van der Waals surface area (Å²) < 4.78 is 27.6. The van der Waals surface area contributed by atoms with Crippen molar-refractivity contribution >= 4 is 15.9 Å². The van der Waals surface area contributed by atoms with Gasteiger partial charge in [-0.3, -0.25) is 9.69 Å². The number of nitrogens with zero attached hydrogens (tertiary/aromatic N) is 2. The molecule has 1 amide bonds. The Hall–Kier alpha value is -2.22. The van der Waals surface area contributed by atoms with Crippen molar-refractivity contribution in [3.8, 4) is 0 Å². The Labute approximate surface area is 185 Å². The van der Waals surface area contributed by atoms with Crippen LogP contribution in [0.3, 0.4) is 0 Å². The molecule has 2 aromatic carbocycles. The van der Waals surface area contributed by atoms with E-state index in [2.05, 4.69) is 29.3 Å². The molecule has 31 heavy (non-hydrogen) atoms. The largest absolute Gasteiger partial charge is 0.351 e. The van der Waals surface area contributed by atoms with Crippen LogP contribution in [0, 0.1) is 6.92 Å². The van der Waals surface area contributed by atoms with Crippen molar-refractivity contribution in [2.75, 3.05) is 19.6 Å². The number of nitrogens with one attached hydrogen (secondary N) is 1. The van der Waals surface area contributed by atoms with Gasteiger partial charge in [0.15, 0.2) is 0 Å². The molecule has 2 aliphatic heterocycles. The lowest BCUT2D eigenvalue weighted by atomic mass is 10.1. The molecule has 4 rings (SSSR count). The van der Waals surface area contributed by atoms with Gasteiger partial charge in [0.2, 0.25) is 15.9 Å². The highest BCUT2D eigenvalue weighted by Gasteiger charge is 2.40. The van der Waals surface area contributed by atoms with Crippen molar-refractivity contribution in [3.63, 3.8) is 0 Å². The highest BCUT2D eigenvalue weighted by Crippen LogP contribution is 2.28. The minimum Gasteiger partial charge on any atom is -0.351 e. The molecule has 2 aliphatic rings. The second kappa shape index (κ2) is 9.10. The number of amides is 1. The first-order chi connectivity index (χ1) is 14.9. The average molecular weight is 442 g/mol. The standard InChI is InChI=1S/C24H31N3O3S/c1-18-10-12-22(13-11-18)31(29,30)27-15-6-9-23(27)24(28)25-21-14-16-26(17-21)19(2)20-7-4-3-5-8-20/h3-5,7-8,10-13,19,21,23H,6,9,14-17H2,1-2H3,(H,25,28)/t19?,21?,23-/m0/s1. The molecule has 1 N–H and O–H groups in total. The van der Waals surface area contributed by atoms with Crippen molar-refractivity contribution in [2.45, 2.75) is 56.1 Å². The zero-order valence-electron chi connectivity index (χ0n) is 18.2. The maximum absolute atomic E-state index is 13.1. The number of likely N-dealkylation sites (tertiary alicyclic amines) is 1. The third-order valence-electron chi connectivity index (χ3n) is 6.53. The quantitative estimate of drug-likeness (QED) is 0.748. The van der Waals surface area contributed by atoms with E-state index in [1.54, 1.807) is 24.3 Å². The van der Waals surface area contributed by atoms with E-state index in [4.69, 9.17) is 0 Å².